The Kier molecular flexibility index (Phi) is 7.62. The molecule has 168 valence electrons. The summed E-state index contributed by atoms with van der Waals surface area (Å²) in [6.07, 6.45) is 11.1. The first-order valence-electron chi connectivity index (χ1n) is 12.0. The Morgan fingerprint density at radius 1 is 1.00 bits per heavy atom. The molecular formula is C25H35N3O3. The third kappa shape index (κ3) is 5.88. The molecule has 2 aromatic rings. The van der Waals surface area contributed by atoms with E-state index in [0.717, 1.165) is 73.3 Å². The second kappa shape index (κ2) is 10.8. The quantitative estimate of drug-likeness (QED) is 0.496. The van der Waals surface area contributed by atoms with Gasteiger partial charge in [-0.3, -0.25) is 0 Å². The molecule has 1 N–H and O–H groups in total. The maximum absolute atomic E-state index is 12.8. The zero-order chi connectivity index (χ0) is 21.5. The maximum atomic E-state index is 12.8. The molecular weight excluding hydrogens is 390 g/mol. The lowest BCUT2D eigenvalue weighted by Gasteiger charge is -2.23. The lowest BCUT2D eigenvalue weighted by atomic mass is 9.97. The highest BCUT2D eigenvalue weighted by molar-refractivity contribution is 5.66. The molecule has 2 heterocycles. The van der Waals surface area contributed by atoms with E-state index in [4.69, 9.17) is 9.47 Å². The fraction of sp³-hybridized carbons (Fsp3) is 0.600. The Bertz CT molecular complexity index is 829. The molecule has 6 nitrogen and oxygen atoms in total. The van der Waals surface area contributed by atoms with E-state index in [2.05, 4.69) is 29.5 Å². The van der Waals surface area contributed by atoms with Crippen LogP contribution in [0.25, 0.3) is 11.1 Å². The number of ether oxygens (including phenoxy) is 2. The minimum atomic E-state index is 0.106. The molecule has 0 spiro atoms. The number of benzene rings is 1. The molecule has 0 bridgehead atoms. The number of nitrogens with one attached hydrogen (secondary N) is 1. The summed E-state index contributed by atoms with van der Waals surface area (Å²) in [6, 6.07) is 10.1. The van der Waals surface area contributed by atoms with Gasteiger partial charge in [-0.1, -0.05) is 36.7 Å². The number of hydrogen-bond donors (Lipinski definition) is 1. The summed E-state index contributed by atoms with van der Waals surface area (Å²) >= 11 is 0. The monoisotopic (exact) mass is 425 g/mol. The largest absolute Gasteiger partial charge is 0.594 e. The van der Waals surface area contributed by atoms with E-state index in [-0.39, 0.29) is 6.10 Å². The summed E-state index contributed by atoms with van der Waals surface area (Å²) in [7, 11) is 0. The van der Waals surface area contributed by atoms with Gasteiger partial charge in [-0.25, -0.2) is 0 Å². The van der Waals surface area contributed by atoms with Crippen molar-refractivity contribution in [3.05, 3.63) is 41.2 Å². The molecule has 1 saturated heterocycles. The second-order valence-electron chi connectivity index (χ2n) is 8.79. The van der Waals surface area contributed by atoms with E-state index >= 15 is 0 Å². The summed E-state index contributed by atoms with van der Waals surface area (Å²) in [6.45, 7) is 4.01. The number of unbranched alkanes of at least 4 members (excludes halogenated alkanes) is 1. The molecule has 1 aliphatic carbocycles. The van der Waals surface area contributed by atoms with Gasteiger partial charge in [0.25, 0.3) is 5.88 Å². The van der Waals surface area contributed by atoms with Crippen LogP contribution in [0.3, 0.4) is 0 Å². The maximum Gasteiger partial charge on any atom is 0.281 e. The average Bonchev–Trinajstić information content (AvgIpc) is 2.80. The number of hydrogen-bond acceptors (Lipinski definition) is 5. The Morgan fingerprint density at radius 3 is 2.42 bits per heavy atom. The fourth-order valence-corrected chi connectivity index (χ4v) is 4.54. The topological polar surface area (TPSA) is 70.3 Å². The van der Waals surface area contributed by atoms with Gasteiger partial charge in [0.05, 0.1) is 16.8 Å². The van der Waals surface area contributed by atoms with Crippen LogP contribution in [0.2, 0.25) is 0 Å². The minimum absolute atomic E-state index is 0.106. The Labute approximate surface area is 185 Å². The first kappa shape index (κ1) is 21.9. The smallest absolute Gasteiger partial charge is 0.281 e. The van der Waals surface area contributed by atoms with Gasteiger partial charge in [-0.15, -0.1) is 0 Å². The van der Waals surface area contributed by atoms with Gasteiger partial charge in [0.2, 0.25) is 5.69 Å². The van der Waals surface area contributed by atoms with Crippen LogP contribution in [-0.4, -0.2) is 30.4 Å². The summed E-state index contributed by atoms with van der Waals surface area (Å²) < 4.78 is 12.3. The molecule has 0 unspecified atom stereocenters. The highest BCUT2D eigenvalue weighted by atomic mass is 16.5. The molecule has 0 amide bonds. The molecule has 31 heavy (non-hydrogen) atoms. The zero-order valence-corrected chi connectivity index (χ0v) is 18.6. The van der Waals surface area contributed by atoms with Crippen LogP contribution in [0.1, 0.15) is 70.4 Å². The first-order chi connectivity index (χ1) is 15.2. The molecule has 1 aromatic carbocycles. The Morgan fingerprint density at radius 2 is 1.71 bits per heavy atom. The number of aromatic nitrogens is 2. The summed E-state index contributed by atoms with van der Waals surface area (Å²) in [5, 5.41) is 20.3. The molecule has 0 radical (unpaired) electrons. The molecule has 2 aliphatic rings. The van der Waals surface area contributed by atoms with E-state index in [1.165, 1.54) is 19.3 Å². The van der Waals surface area contributed by atoms with Crippen molar-refractivity contribution in [1.82, 2.24) is 10.4 Å². The van der Waals surface area contributed by atoms with Gasteiger partial charge in [0.15, 0.2) is 0 Å². The van der Waals surface area contributed by atoms with Gasteiger partial charge < -0.3 is 20.0 Å². The van der Waals surface area contributed by atoms with Crippen molar-refractivity contribution >= 4 is 0 Å². The third-order valence-electron chi connectivity index (χ3n) is 6.36. The average molecular weight is 426 g/mol. The van der Waals surface area contributed by atoms with Crippen LogP contribution in [0.4, 0.5) is 0 Å². The van der Waals surface area contributed by atoms with Crippen molar-refractivity contribution in [2.45, 2.75) is 83.3 Å². The Balaban J connectivity index is 1.56. The van der Waals surface area contributed by atoms with Crippen LogP contribution in [0.5, 0.6) is 11.6 Å². The van der Waals surface area contributed by atoms with Gasteiger partial charge in [0.1, 0.15) is 11.9 Å². The SMILES string of the molecule is CCCCc1c(-c2ccc(OC3CCCCC3)cc2)cc(OC2CCNCC2)n[n+]1[O-]. The van der Waals surface area contributed by atoms with Crippen LogP contribution in [0, 0.1) is 5.21 Å². The first-order valence-corrected chi connectivity index (χ1v) is 12.0. The standard InChI is InChI=1S/C25H35N3O3/c1-2-3-9-24-23(18-25(27-28(24)29)31-22-14-16-26-17-15-22)19-10-12-21(13-11-19)30-20-7-5-4-6-8-20/h10-13,18,20,22,26H,2-9,14-17H2,1H3. The molecule has 1 aromatic heterocycles. The van der Waals surface area contributed by atoms with Crippen molar-refractivity contribution in [3.63, 3.8) is 0 Å². The predicted octanol–water partition coefficient (Wildman–Crippen LogP) is 4.57. The molecule has 1 saturated carbocycles. The fourth-order valence-electron chi connectivity index (χ4n) is 4.54. The minimum Gasteiger partial charge on any atom is -0.594 e. The summed E-state index contributed by atoms with van der Waals surface area (Å²) in [5.74, 6) is 1.32. The third-order valence-corrected chi connectivity index (χ3v) is 6.36. The predicted molar refractivity (Wildman–Crippen MR) is 121 cm³/mol. The van der Waals surface area contributed by atoms with E-state index in [0.29, 0.717) is 24.1 Å². The molecule has 4 rings (SSSR count). The van der Waals surface area contributed by atoms with Gasteiger partial charge in [0, 0.05) is 12.5 Å². The normalized spacial score (nSPS) is 18.1. The highest BCUT2D eigenvalue weighted by Crippen LogP contribution is 2.30. The van der Waals surface area contributed by atoms with E-state index < -0.39 is 0 Å². The van der Waals surface area contributed by atoms with Gasteiger partial charge >= 0.3 is 0 Å². The van der Waals surface area contributed by atoms with Gasteiger partial charge in [-0.05, 0) is 75.7 Å². The highest BCUT2D eigenvalue weighted by Gasteiger charge is 2.22. The second-order valence-corrected chi connectivity index (χ2v) is 8.79. The van der Waals surface area contributed by atoms with Crippen LogP contribution in [-0.2, 0) is 6.42 Å². The van der Waals surface area contributed by atoms with Crippen molar-refractivity contribution in [2.75, 3.05) is 13.1 Å². The van der Waals surface area contributed by atoms with Gasteiger partial charge in [-0.2, -0.15) is 0 Å². The molecule has 0 atom stereocenters. The summed E-state index contributed by atoms with van der Waals surface area (Å²) in [5.41, 5.74) is 2.62. The van der Waals surface area contributed by atoms with Crippen molar-refractivity contribution in [1.29, 1.82) is 0 Å². The van der Waals surface area contributed by atoms with Crippen LogP contribution in [0.15, 0.2) is 30.3 Å². The van der Waals surface area contributed by atoms with Crippen molar-refractivity contribution < 1.29 is 14.3 Å². The van der Waals surface area contributed by atoms with Crippen LogP contribution < -0.4 is 19.6 Å². The van der Waals surface area contributed by atoms with Crippen LogP contribution >= 0.6 is 0 Å². The molecule has 1 aliphatic heterocycles. The Hall–Kier alpha value is -2.34. The summed E-state index contributed by atoms with van der Waals surface area (Å²) in [4.78, 5) is 0.772. The number of piperidine rings is 1. The van der Waals surface area contributed by atoms with Crippen molar-refractivity contribution in [3.8, 4) is 22.8 Å². The van der Waals surface area contributed by atoms with Crippen molar-refractivity contribution in [2.24, 2.45) is 0 Å². The van der Waals surface area contributed by atoms with E-state index in [9.17, 15) is 5.21 Å². The molecule has 2 fully saturated rings. The lowest BCUT2D eigenvalue weighted by molar-refractivity contribution is -0.677. The van der Waals surface area contributed by atoms with E-state index in [1.807, 2.05) is 18.2 Å². The number of rotatable bonds is 8. The zero-order valence-electron chi connectivity index (χ0n) is 18.6. The number of nitrogens with zero attached hydrogens (tertiary/aromatic N) is 2. The lowest BCUT2D eigenvalue weighted by Crippen LogP contribution is -2.39. The van der Waals surface area contributed by atoms with E-state index in [1.54, 1.807) is 0 Å². The molecule has 6 heteroatoms.